The number of amides is 1. The van der Waals surface area contributed by atoms with Gasteiger partial charge in [-0.25, -0.2) is 4.79 Å². The van der Waals surface area contributed by atoms with Crippen LogP contribution in [-0.4, -0.2) is 136 Å². The Kier molecular flexibility index (Phi) is 10.3. The number of nitrogens with one attached hydrogen (secondary N) is 1. The molecule has 3 aliphatic rings. The molecule has 1 amide bonds. The predicted molar refractivity (Wildman–Crippen MR) is 145 cm³/mol. The molecule has 2 aromatic carbocycles. The number of hydrogen-bond acceptors (Lipinski definition) is 13. The topological polar surface area (TPSA) is 217 Å². The SMILES string of the molecule is O=C(NCCO[C@@H]1O[C@H](CO)[C@@H](O[C@@H]2O[C@H](CO)[C@H](O)[C@H](O)[C@H]2O)[C@H](O)[C@H]1O)OCC1c2ccccc2-c2ccccc21. The van der Waals surface area contributed by atoms with E-state index in [0.29, 0.717) is 0 Å². The van der Waals surface area contributed by atoms with E-state index in [4.69, 9.17) is 23.7 Å². The Morgan fingerprint density at radius 1 is 0.744 bits per heavy atom. The molecule has 2 aliphatic heterocycles. The van der Waals surface area contributed by atoms with Crippen LogP contribution in [0.2, 0.25) is 0 Å². The van der Waals surface area contributed by atoms with E-state index in [1.807, 2.05) is 48.5 Å². The normalized spacial score (nSPS) is 33.9. The molecule has 0 unspecified atom stereocenters. The number of aliphatic hydroxyl groups is 7. The second kappa shape index (κ2) is 13.9. The predicted octanol–water partition coefficient (Wildman–Crippen LogP) is -1.83. The summed E-state index contributed by atoms with van der Waals surface area (Å²) in [6.07, 6.45) is -16.2. The van der Waals surface area contributed by atoms with E-state index in [2.05, 4.69) is 5.32 Å². The Morgan fingerprint density at radius 2 is 1.33 bits per heavy atom. The second-order valence-electron chi connectivity index (χ2n) is 10.6. The first kappa shape index (κ1) is 31.7. The van der Waals surface area contributed by atoms with Gasteiger partial charge in [-0.3, -0.25) is 0 Å². The van der Waals surface area contributed by atoms with E-state index in [9.17, 15) is 40.5 Å². The van der Waals surface area contributed by atoms with Crippen molar-refractivity contribution >= 4 is 6.09 Å². The average Bonchev–Trinajstić information content (AvgIpc) is 3.34. The molecule has 2 heterocycles. The minimum Gasteiger partial charge on any atom is -0.449 e. The Hall–Kier alpha value is -2.73. The molecule has 0 bridgehead atoms. The van der Waals surface area contributed by atoms with Gasteiger partial charge in [-0.2, -0.15) is 0 Å². The zero-order valence-electron chi connectivity index (χ0n) is 23.1. The van der Waals surface area contributed by atoms with Gasteiger partial charge in [-0.05, 0) is 22.3 Å². The molecule has 0 radical (unpaired) electrons. The van der Waals surface area contributed by atoms with Crippen LogP contribution in [0.3, 0.4) is 0 Å². The summed E-state index contributed by atoms with van der Waals surface area (Å²) in [4.78, 5) is 12.4. The number of ether oxygens (including phenoxy) is 5. The highest BCUT2D eigenvalue weighted by Gasteiger charge is 2.50. The number of benzene rings is 2. The van der Waals surface area contributed by atoms with Gasteiger partial charge >= 0.3 is 6.09 Å². The summed E-state index contributed by atoms with van der Waals surface area (Å²) < 4.78 is 27.3. The summed E-state index contributed by atoms with van der Waals surface area (Å²) in [5.41, 5.74) is 4.37. The number of alkyl carbamates (subject to hydrolysis) is 1. The lowest BCUT2D eigenvalue weighted by Crippen LogP contribution is -2.64. The van der Waals surface area contributed by atoms with Crippen LogP contribution in [0.5, 0.6) is 0 Å². The first-order valence-corrected chi connectivity index (χ1v) is 14.0. The van der Waals surface area contributed by atoms with Crippen molar-refractivity contribution in [1.29, 1.82) is 0 Å². The van der Waals surface area contributed by atoms with Crippen LogP contribution in [0.1, 0.15) is 17.0 Å². The third-order valence-corrected chi connectivity index (χ3v) is 7.96. The quantitative estimate of drug-likeness (QED) is 0.140. The molecular formula is C29H37NO13. The molecule has 236 valence electrons. The Balaban J connectivity index is 1.09. The zero-order valence-corrected chi connectivity index (χ0v) is 23.1. The van der Waals surface area contributed by atoms with Gasteiger partial charge in [0.25, 0.3) is 0 Å². The van der Waals surface area contributed by atoms with E-state index >= 15 is 0 Å². The highest BCUT2D eigenvalue weighted by molar-refractivity contribution is 5.79. The van der Waals surface area contributed by atoms with Gasteiger partial charge in [0.2, 0.25) is 0 Å². The molecule has 10 atom stereocenters. The van der Waals surface area contributed by atoms with Crippen molar-refractivity contribution in [2.24, 2.45) is 0 Å². The van der Waals surface area contributed by atoms with Gasteiger partial charge in [0.05, 0.1) is 19.8 Å². The maximum atomic E-state index is 12.4. The van der Waals surface area contributed by atoms with E-state index in [-0.39, 0.29) is 25.7 Å². The van der Waals surface area contributed by atoms with Crippen LogP contribution in [-0.2, 0) is 23.7 Å². The van der Waals surface area contributed by atoms with Gasteiger partial charge in [-0.1, -0.05) is 48.5 Å². The number of hydrogen-bond donors (Lipinski definition) is 8. The number of carbonyl (C=O) groups excluding carboxylic acids is 1. The molecule has 2 fully saturated rings. The van der Waals surface area contributed by atoms with Crippen LogP contribution in [0.4, 0.5) is 4.79 Å². The molecule has 14 heteroatoms. The smallest absolute Gasteiger partial charge is 0.407 e. The van der Waals surface area contributed by atoms with E-state index in [0.717, 1.165) is 22.3 Å². The van der Waals surface area contributed by atoms with Crippen molar-refractivity contribution in [3.63, 3.8) is 0 Å². The lowest BCUT2D eigenvalue weighted by molar-refractivity contribution is -0.359. The molecule has 2 saturated heterocycles. The fourth-order valence-electron chi connectivity index (χ4n) is 5.67. The van der Waals surface area contributed by atoms with Crippen molar-refractivity contribution in [3.8, 4) is 11.1 Å². The third-order valence-electron chi connectivity index (χ3n) is 7.96. The van der Waals surface area contributed by atoms with Crippen molar-refractivity contribution in [1.82, 2.24) is 5.32 Å². The molecule has 2 aromatic rings. The van der Waals surface area contributed by atoms with Gasteiger partial charge < -0.3 is 64.7 Å². The van der Waals surface area contributed by atoms with E-state index in [1.54, 1.807) is 0 Å². The van der Waals surface area contributed by atoms with Crippen LogP contribution >= 0.6 is 0 Å². The van der Waals surface area contributed by atoms with Crippen molar-refractivity contribution in [2.75, 3.05) is 33.0 Å². The van der Waals surface area contributed by atoms with Crippen molar-refractivity contribution < 1.29 is 64.2 Å². The molecule has 5 rings (SSSR count). The summed E-state index contributed by atoms with van der Waals surface area (Å²) in [5.74, 6) is -0.102. The molecule has 43 heavy (non-hydrogen) atoms. The maximum absolute atomic E-state index is 12.4. The Morgan fingerprint density at radius 3 is 1.95 bits per heavy atom. The maximum Gasteiger partial charge on any atom is 0.407 e. The summed E-state index contributed by atoms with van der Waals surface area (Å²) in [6.45, 7) is -1.42. The fourth-order valence-corrected chi connectivity index (χ4v) is 5.67. The van der Waals surface area contributed by atoms with Crippen LogP contribution < -0.4 is 5.32 Å². The van der Waals surface area contributed by atoms with Crippen molar-refractivity contribution in [3.05, 3.63) is 59.7 Å². The van der Waals surface area contributed by atoms with E-state index in [1.165, 1.54) is 0 Å². The summed E-state index contributed by atoms with van der Waals surface area (Å²) in [6, 6.07) is 15.9. The molecule has 0 saturated carbocycles. The Bertz CT molecular complexity index is 1180. The van der Waals surface area contributed by atoms with Crippen LogP contribution in [0.25, 0.3) is 11.1 Å². The minimum absolute atomic E-state index is 0.0199. The van der Waals surface area contributed by atoms with Crippen LogP contribution in [0.15, 0.2) is 48.5 Å². The minimum atomic E-state index is -1.76. The van der Waals surface area contributed by atoms with Crippen LogP contribution in [0, 0.1) is 0 Å². The third kappa shape index (κ3) is 6.55. The first-order chi connectivity index (χ1) is 20.7. The molecule has 14 nitrogen and oxygen atoms in total. The lowest BCUT2D eigenvalue weighted by Gasteiger charge is -2.45. The lowest BCUT2D eigenvalue weighted by atomic mass is 9.97. The molecule has 8 N–H and O–H groups in total. The number of carbonyl (C=O) groups is 1. The summed E-state index contributed by atoms with van der Waals surface area (Å²) in [5, 5.41) is 73.2. The molecule has 0 spiro atoms. The van der Waals surface area contributed by atoms with Gasteiger partial charge in [0.1, 0.15) is 55.4 Å². The number of fused-ring (bicyclic) bond motifs is 3. The first-order valence-electron chi connectivity index (χ1n) is 14.0. The molecular weight excluding hydrogens is 570 g/mol. The van der Waals surface area contributed by atoms with Crippen molar-refractivity contribution in [2.45, 2.75) is 67.3 Å². The van der Waals surface area contributed by atoms with Gasteiger partial charge in [-0.15, -0.1) is 0 Å². The monoisotopic (exact) mass is 607 g/mol. The summed E-state index contributed by atoms with van der Waals surface area (Å²) >= 11 is 0. The van der Waals surface area contributed by atoms with Gasteiger partial charge in [0, 0.05) is 12.5 Å². The van der Waals surface area contributed by atoms with Gasteiger partial charge in [0.15, 0.2) is 12.6 Å². The highest BCUT2D eigenvalue weighted by Crippen LogP contribution is 2.44. The standard InChI is InChI=1S/C29H37NO13/c31-11-19-21(33)22(34)24(36)28(41-19)43-26-20(12-32)42-27(25(37)23(26)35)39-10-9-30-29(38)40-13-18-16-7-3-1-5-14(16)15-6-2-4-8-17(15)18/h1-8,18-28,31-37H,9-13H2,(H,30,38)/t19-,20-,21+,22+,23-,24-,25-,26-,27-,28+/m1/s1. The fraction of sp³-hybridized carbons (Fsp3) is 0.552. The number of aliphatic hydroxyl groups excluding tert-OH is 7. The zero-order chi connectivity index (χ0) is 30.7. The largest absolute Gasteiger partial charge is 0.449 e. The molecule has 1 aliphatic carbocycles. The average molecular weight is 608 g/mol. The second-order valence-corrected chi connectivity index (χ2v) is 10.6. The summed E-state index contributed by atoms with van der Waals surface area (Å²) in [7, 11) is 0. The van der Waals surface area contributed by atoms with E-state index < -0.39 is 80.7 Å². The number of rotatable bonds is 10. The Labute approximate surface area is 247 Å². The molecule has 0 aromatic heterocycles. The highest BCUT2D eigenvalue weighted by atomic mass is 16.7.